The molecule has 14 heavy (non-hydrogen) atoms. The van der Waals surface area contributed by atoms with Crippen LogP contribution in [0.3, 0.4) is 0 Å². The first-order valence-electron chi connectivity index (χ1n) is 4.54. The fraction of sp³-hybridized carbons (Fsp3) is 0.182. The van der Waals surface area contributed by atoms with Gasteiger partial charge in [0.05, 0.1) is 10.4 Å². The van der Waals surface area contributed by atoms with Gasteiger partial charge in [0.2, 0.25) is 0 Å². The fourth-order valence-corrected chi connectivity index (χ4v) is 2.15. The Labute approximate surface area is 87.2 Å². The van der Waals surface area contributed by atoms with E-state index in [1.807, 2.05) is 19.1 Å². The maximum Gasteiger partial charge on any atom is 0.0590 e. The fourth-order valence-electron chi connectivity index (χ4n) is 1.38. The van der Waals surface area contributed by atoms with Crippen molar-refractivity contribution < 1.29 is 0 Å². The summed E-state index contributed by atoms with van der Waals surface area (Å²) in [6.07, 6.45) is 3.99. The van der Waals surface area contributed by atoms with E-state index in [-0.39, 0.29) is 0 Å². The van der Waals surface area contributed by atoms with E-state index in [1.54, 1.807) is 11.5 Å². The Kier molecular flexibility index (Phi) is 2.61. The van der Waals surface area contributed by atoms with Crippen LogP contribution in [-0.2, 0) is 0 Å². The minimum Gasteiger partial charge on any atom is -0.327 e. The van der Waals surface area contributed by atoms with E-state index >= 15 is 0 Å². The van der Waals surface area contributed by atoms with Gasteiger partial charge < -0.3 is 5.73 Å². The van der Waals surface area contributed by atoms with Gasteiger partial charge in [-0.05, 0) is 36.2 Å². The van der Waals surface area contributed by atoms with Crippen LogP contribution >= 0.6 is 11.5 Å². The van der Waals surface area contributed by atoms with Crippen molar-refractivity contribution in [1.82, 2.24) is 4.37 Å². The monoisotopic (exact) mass is 204 g/mol. The number of fused-ring (bicyclic) bond motifs is 1. The molecule has 0 atom stereocenters. The molecule has 72 valence electrons. The number of hydrogen-bond acceptors (Lipinski definition) is 3. The van der Waals surface area contributed by atoms with Crippen LogP contribution < -0.4 is 5.73 Å². The Hall–Kier alpha value is -1.19. The predicted octanol–water partition coefficient (Wildman–Crippen LogP) is 2.58. The Morgan fingerprint density at radius 3 is 3.14 bits per heavy atom. The largest absolute Gasteiger partial charge is 0.327 e. The topological polar surface area (TPSA) is 38.9 Å². The standard InChI is InChI=1S/C11H12N2S/c1-8-10-7-9(3-2-6-12)4-5-11(10)14-13-8/h2-5,7H,6,12H2,1H3/b3-2+. The third-order valence-electron chi connectivity index (χ3n) is 2.12. The van der Waals surface area contributed by atoms with Crippen molar-refractivity contribution >= 4 is 27.7 Å². The van der Waals surface area contributed by atoms with E-state index in [9.17, 15) is 0 Å². The number of nitrogens with two attached hydrogens (primary N) is 1. The molecule has 1 aromatic heterocycles. The molecule has 0 saturated carbocycles. The minimum atomic E-state index is 0.582. The molecular formula is C11H12N2S. The summed E-state index contributed by atoms with van der Waals surface area (Å²) in [7, 11) is 0. The van der Waals surface area contributed by atoms with E-state index in [0.717, 1.165) is 5.69 Å². The Balaban J connectivity index is 2.49. The van der Waals surface area contributed by atoms with Crippen LogP contribution in [0.1, 0.15) is 11.3 Å². The van der Waals surface area contributed by atoms with E-state index in [1.165, 1.54) is 15.6 Å². The lowest BCUT2D eigenvalue weighted by Gasteiger charge is -1.94. The van der Waals surface area contributed by atoms with Crippen LogP contribution in [0, 0.1) is 6.92 Å². The van der Waals surface area contributed by atoms with E-state index in [0.29, 0.717) is 6.54 Å². The second-order valence-corrected chi connectivity index (χ2v) is 3.97. The summed E-state index contributed by atoms with van der Waals surface area (Å²) in [5, 5.41) is 1.24. The second kappa shape index (κ2) is 3.90. The molecule has 0 amide bonds. The van der Waals surface area contributed by atoms with Gasteiger partial charge >= 0.3 is 0 Å². The molecule has 2 nitrogen and oxygen atoms in total. The minimum absolute atomic E-state index is 0.582. The van der Waals surface area contributed by atoms with Gasteiger partial charge in [0.15, 0.2) is 0 Å². The van der Waals surface area contributed by atoms with Gasteiger partial charge in [-0.1, -0.05) is 18.2 Å². The highest BCUT2D eigenvalue weighted by Crippen LogP contribution is 2.23. The van der Waals surface area contributed by atoms with Crippen LogP contribution in [0.15, 0.2) is 24.3 Å². The molecule has 0 spiro atoms. The van der Waals surface area contributed by atoms with E-state index in [2.05, 4.69) is 22.6 Å². The maximum absolute atomic E-state index is 5.40. The zero-order valence-corrected chi connectivity index (χ0v) is 8.84. The lowest BCUT2D eigenvalue weighted by atomic mass is 10.1. The normalized spacial score (nSPS) is 11.6. The summed E-state index contributed by atoms with van der Waals surface area (Å²) in [4.78, 5) is 0. The Morgan fingerprint density at radius 2 is 2.36 bits per heavy atom. The van der Waals surface area contributed by atoms with Gasteiger partial charge in [0.25, 0.3) is 0 Å². The van der Waals surface area contributed by atoms with Crippen LogP contribution in [0.25, 0.3) is 16.2 Å². The van der Waals surface area contributed by atoms with Crippen molar-refractivity contribution in [3.05, 3.63) is 35.5 Å². The Morgan fingerprint density at radius 1 is 1.50 bits per heavy atom. The third-order valence-corrected chi connectivity index (χ3v) is 3.04. The zero-order chi connectivity index (χ0) is 9.97. The molecule has 0 radical (unpaired) electrons. The molecule has 0 unspecified atom stereocenters. The second-order valence-electron chi connectivity index (χ2n) is 3.16. The third kappa shape index (κ3) is 1.69. The molecule has 2 rings (SSSR count). The van der Waals surface area contributed by atoms with Crippen molar-refractivity contribution in [1.29, 1.82) is 0 Å². The van der Waals surface area contributed by atoms with Crippen LogP contribution in [0.5, 0.6) is 0 Å². The summed E-state index contributed by atoms with van der Waals surface area (Å²) < 4.78 is 5.55. The summed E-state index contributed by atoms with van der Waals surface area (Å²) in [6, 6.07) is 6.35. The predicted molar refractivity (Wildman–Crippen MR) is 62.4 cm³/mol. The van der Waals surface area contributed by atoms with Gasteiger partial charge in [-0.25, -0.2) is 0 Å². The SMILES string of the molecule is Cc1nsc2ccc(/C=C/CN)cc12. The number of aromatic nitrogens is 1. The van der Waals surface area contributed by atoms with Crippen LogP contribution in [0.4, 0.5) is 0 Å². The number of nitrogens with zero attached hydrogens (tertiary/aromatic N) is 1. The Bertz CT molecular complexity index is 471. The van der Waals surface area contributed by atoms with Gasteiger partial charge in [0, 0.05) is 11.9 Å². The summed E-state index contributed by atoms with van der Waals surface area (Å²) in [6.45, 7) is 2.62. The van der Waals surface area contributed by atoms with Crippen LogP contribution in [-0.4, -0.2) is 10.9 Å². The first kappa shape index (κ1) is 9.37. The molecule has 0 fully saturated rings. The molecule has 2 N–H and O–H groups in total. The van der Waals surface area contributed by atoms with Gasteiger partial charge in [-0.2, -0.15) is 4.37 Å². The lowest BCUT2D eigenvalue weighted by Crippen LogP contribution is -1.91. The molecule has 0 aliphatic heterocycles. The summed E-state index contributed by atoms with van der Waals surface area (Å²) in [5.74, 6) is 0. The van der Waals surface area contributed by atoms with E-state index in [4.69, 9.17) is 5.73 Å². The molecular weight excluding hydrogens is 192 g/mol. The van der Waals surface area contributed by atoms with E-state index < -0.39 is 0 Å². The van der Waals surface area contributed by atoms with Gasteiger partial charge in [-0.15, -0.1) is 0 Å². The molecule has 0 aliphatic rings. The number of rotatable bonds is 2. The highest BCUT2D eigenvalue weighted by Gasteiger charge is 2.00. The first-order chi connectivity index (χ1) is 6.81. The molecule has 2 aromatic rings. The van der Waals surface area contributed by atoms with Crippen molar-refractivity contribution in [3.8, 4) is 0 Å². The van der Waals surface area contributed by atoms with Crippen molar-refractivity contribution in [2.75, 3.05) is 6.54 Å². The molecule has 0 bridgehead atoms. The lowest BCUT2D eigenvalue weighted by molar-refractivity contribution is 1.26. The van der Waals surface area contributed by atoms with Gasteiger partial charge in [0.1, 0.15) is 0 Å². The maximum atomic E-state index is 5.40. The summed E-state index contributed by atoms with van der Waals surface area (Å²) in [5.41, 5.74) is 7.69. The average molecular weight is 204 g/mol. The van der Waals surface area contributed by atoms with Gasteiger partial charge in [-0.3, -0.25) is 0 Å². The number of aryl methyl sites for hydroxylation is 1. The quantitative estimate of drug-likeness (QED) is 0.816. The van der Waals surface area contributed by atoms with Crippen molar-refractivity contribution in [3.63, 3.8) is 0 Å². The number of benzene rings is 1. The molecule has 0 saturated heterocycles. The molecule has 1 aromatic carbocycles. The van der Waals surface area contributed by atoms with Crippen molar-refractivity contribution in [2.45, 2.75) is 6.92 Å². The zero-order valence-electron chi connectivity index (χ0n) is 8.03. The summed E-state index contributed by atoms with van der Waals surface area (Å²) >= 11 is 1.55. The molecule has 0 aliphatic carbocycles. The molecule has 3 heteroatoms. The highest BCUT2D eigenvalue weighted by atomic mass is 32.1. The van der Waals surface area contributed by atoms with Crippen molar-refractivity contribution in [2.24, 2.45) is 5.73 Å². The highest BCUT2D eigenvalue weighted by molar-refractivity contribution is 7.13. The molecule has 1 heterocycles. The smallest absolute Gasteiger partial charge is 0.0590 e. The number of hydrogen-bond donors (Lipinski definition) is 1. The average Bonchev–Trinajstić information content (AvgIpc) is 2.57. The van der Waals surface area contributed by atoms with Crippen LogP contribution in [0.2, 0.25) is 0 Å². The first-order valence-corrected chi connectivity index (χ1v) is 5.31.